The Morgan fingerprint density at radius 1 is 1.09 bits per heavy atom. The van der Waals surface area contributed by atoms with Crippen molar-refractivity contribution < 1.29 is 27.7 Å². The van der Waals surface area contributed by atoms with Gasteiger partial charge in [0.1, 0.15) is 0 Å². The van der Waals surface area contributed by atoms with E-state index in [1.165, 1.54) is 29.6 Å². The van der Waals surface area contributed by atoms with Crippen molar-refractivity contribution in [3.05, 3.63) is 64.2 Å². The topological polar surface area (TPSA) is 139 Å². The van der Waals surface area contributed by atoms with E-state index in [4.69, 9.17) is 0 Å². The number of anilines is 1. The van der Waals surface area contributed by atoms with E-state index in [1.54, 1.807) is 24.3 Å². The fourth-order valence-electron chi connectivity index (χ4n) is 3.25. The highest BCUT2D eigenvalue weighted by Crippen LogP contribution is 2.22. The number of hydrogen-bond acceptors (Lipinski definition) is 8. The Bertz CT molecular complexity index is 1110. The fourth-order valence-corrected chi connectivity index (χ4v) is 4.71. The van der Waals surface area contributed by atoms with Gasteiger partial charge in [0, 0.05) is 44.0 Å². The van der Waals surface area contributed by atoms with Crippen molar-refractivity contribution in [3.63, 3.8) is 0 Å². The van der Waals surface area contributed by atoms with Crippen molar-refractivity contribution in [2.45, 2.75) is 4.90 Å². The number of nitro benzene ring substituents is 1. The van der Waals surface area contributed by atoms with Crippen LogP contribution in [0.25, 0.3) is 0 Å². The minimum Gasteiger partial charge on any atom is -0.465 e. The van der Waals surface area contributed by atoms with Gasteiger partial charge in [0.25, 0.3) is 5.69 Å². The molecule has 0 spiro atoms. The second kappa shape index (κ2) is 9.85. The molecule has 0 unspecified atom stereocenters. The van der Waals surface area contributed by atoms with Gasteiger partial charge in [-0.2, -0.15) is 4.31 Å². The number of methoxy groups -OCH3 is 1. The molecule has 0 bridgehead atoms. The van der Waals surface area contributed by atoms with E-state index in [9.17, 15) is 28.1 Å². The molecule has 1 aliphatic rings. The van der Waals surface area contributed by atoms with Crippen molar-refractivity contribution in [2.75, 3.05) is 45.2 Å². The molecule has 0 saturated carbocycles. The maximum absolute atomic E-state index is 12.8. The van der Waals surface area contributed by atoms with Crippen molar-refractivity contribution in [1.82, 2.24) is 9.21 Å². The van der Waals surface area contributed by atoms with E-state index in [0.717, 1.165) is 6.07 Å². The zero-order valence-electron chi connectivity index (χ0n) is 17.3. The van der Waals surface area contributed by atoms with Gasteiger partial charge >= 0.3 is 5.97 Å². The highest BCUT2D eigenvalue weighted by Gasteiger charge is 2.30. The highest BCUT2D eigenvalue weighted by molar-refractivity contribution is 7.89. The normalized spacial score (nSPS) is 15.2. The maximum Gasteiger partial charge on any atom is 0.337 e. The molecule has 1 fully saturated rings. The summed E-state index contributed by atoms with van der Waals surface area (Å²) < 4.78 is 31.5. The van der Waals surface area contributed by atoms with Crippen LogP contribution in [0.15, 0.2) is 53.4 Å². The Morgan fingerprint density at radius 3 is 2.34 bits per heavy atom. The van der Waals surface area contributed by atoms with Gasteiger partial charge in [0.2, 0.25) is 15.9 Å². The second-order valence-electron chi connectivity index (χ2n) is 7.05. The molecule has 1 N–H and O–H groups in total. The number of esters is 1. The van der Waals surface area contributed by atoms with Gasteiger partial charge in [0.15, 0.2) is 0 Å². The largest absolute Gasteiger partial charge is 0.465 e. The molecule has 0 atom stereocenters. The number of benzene rings is 2. The Morgan fingerprint density at radius 2 is 1.75 bits per heavy atom. The van der Waals surface area contributed by atoms with E-state index in [-0.39, 0.29) is 36.1 Å². The molecule has 0 radical (unpaired) electrons. The number of rotatable bonds is 7. The number of non-ortho nitro benzene ring substituents is 1. The van der Waals surface area contributed by atoms with Crippen LogP contribution in [0.5, 0.6) is 0 Å². The molecule has 1 heterocycles. The van der Waals surface area contributed by atoms with Crippen molar-refractivity contribution in [2.24, 2.45) is 0 Å². The number of nitro groups is 1. The number of sulfonamides is 1. The zero-order valence-corrected chi connectivity index (χ0v) is 18.1. The molecular weight excluding hydrogens is 440 g/mol. The number of carbonyl (C=O) groups is 2. The molecule has 1 aliphatic heterocycles. The Labute approximate surface area is 184 Å². The summed E-state index contributed by atoms with van der Waals surface area (Å²) in [6.45, 7) is 1.06. The molecule has 170 valence electrons. The third kappa shape index (κ3) is 5.46. The van der Waals surface area contributed by atoms with E-state index in [0.29, 0.717) is 24.3 Å². The Kier molecular flexibility index (Phi) is 7.18. The number of carbonyl (C=O) groups excluding carboxylic acids is 2. The van der Waals surface area contributed by atoms with Gasteiger partial charge < -0.3 is 10.1 Å². The molecule has 1 amide bonds. The van der Waals surface area contributed by atoms with E-state index < -0.39 is 20.9 Å². The minimum absolute atomic E-state index is 0.0729. The Balaban J connectivity index is 1.54. The lowest BCUT2D eigenvalue weighted by atomic mass is 10.2. The summed E-state index contributed by atoms with van der Waals surface area (Å²) in [5.41, 5.74) is 0.599. The number of nitrogens with one attached hydrogen (secondary N) is 1. The van der Waals surface area contributed by atoms with Crippen LogP contribution in [0, 0.1) is 10.1 Å². The van der Waals surface area contributed by atoms with Crippen molar-refractivity contribution in [3.8, 4) is 0 Å². The lowest BCUT2D eigenvalue weighted by Crippen LogP contribution is -2.50. The molecule has 11 nitrogen and oxygen atoms in total. The molecule has 32 heavy (non-hydrogen) atoms. The predicted octanol–water partition coefficient (Wildman–Crippen LogP) is 1.33. The SMILES string of the molecule is COC(=O)c1ccc(NC(=O)CN2CCN(S(=O)(=O)c3cccc([N+](=O)[O-])c3)CC2)cc1. The standard InChI is InChI=1S/C20H22N4O7S/c1-31-20(26)15-5-7-16(8-6-15)21-19(25)14-22-9-11-23(12-10-22)32(29,30)18-4-2-3-17(13-18)24(27)28/h2-8,13H,9-12,14H2,1H3,(H,21,25). The van der Waals surface area contributed by atoms with Gasteiger partial charge in [-0.15, -0.1) is 0 Å². The van der Waals surface area contributed by atoms with Crippen LogP contribution in [0.3, 0.4) is 0 Å². The quantitative estimate of drug-likeness (QED) is 0.369. The van der Waals surface area contributed by atoms with Crippen LogP contribution in [0.2, 0.25) is 0 Å². The van der Waals surface area contributed by atoms with Gasteiger partial charge in [-0.3, -0.25) is 19.8 Å². The lowest BCUT2D eigenvalue weighted by Gasteiger charge is -2.33. The van der Waals surface area contributed by atoms with Crippen LogP contribution < -0.4 is 5.32 Å². The van der Waals surface area contributed by atoms with Gasteiger partial charge in [-0.25, -0.2) is 13.2 Å². The van der Waals surface area contributed by atoms with Gasteiger partial charge in [0.05, 0.1) is 29.0 Å². The summed E-state index contributed by atoms with van der Waals surface area (Å²) in [7, 11) is -2.58. The van der Waals surface area contributed by atoms with Crippen LogP contribution in [-0.2, 0) is 19.6 Å². The summed E-state index contributed by atoms with van der Waals surface area (Å²) in [5.74, 6) is -0.744. The lowest BCUT2D eigenvalue weighted by molar-refractivity contribution is -0.385. The number of ether oxygens (including phenoxy) is 1. The van der Waals surface area contributed by atoms with Gasteiger partial charge in [-0.05, 0) is 30.3 Å². The van der Waals surface area contributed by atoms with Crippen LogP contribution in [0.1, 0.15) is 10.4 Å². The first-order chi connectivity index (χ1) is 15.2. The van der Waals surface area contributed by atoms with E-state index >= 15 is 0 Å². The molecule has 2 aromatic rings. The first-order valence-electron chi connectivity index (χ1n) is 9.66. The minimum atomic E-state index is -3.87. The van der Waals surface area contributed by atoms with Crippen LogP contribution in [0.4, 0.5) is 11.4 Å². The van der Waals surface area contributed by atoms with E-state index in [2.05, 4.69) is 10.1 Å². The van der Waals surface area contributed by atoms with Crippen molar-refractivity contribution in [1.29, 1.82) is 0 Å². The van der Waals surface area contributed by atoms with Crippen LogP contribution in [-0.4, -0.2) is 74.3 Å². The smallest absolute Gasteiger partial charge is 0.337 e. The molecule has 0 aromatic heterocycles. The van der Waals surface area contributed by atoms with Crippen LogP contribution >= 0.6 is 0 Å². The number of piperazine rings is 1. The predicted molar refractivity (Wildman–Crippen MR) is 115 cm³/mol. The summed E-state index contributed by atoms with van der Waals surface area (Å²) in [4.78, 5) is 35.7. The maximum atomic E-state index is 12.8. The zero-order chi connectivity index (χ0) is 23.3. The third-order valence-electron chi connectivity index (χ3n) is 4.95. The number of hydrogen-bond donors (Lipinski definition) is 1. The number of amides is 1. The van der Waals surface area contributed by atoms with E-state index in [1.807, 2.05) is 4.90 Å². The molecular formula is C20H22N4O7S. The summed E-state index contributed by atoms with van der Waals surface area (Å²) in [6.07, 6.45) is 0. The average Bonchev–Trinajstić information content (AvgIpc) is 2.79. The second-order valence-corrected chi connectivity index (χ2v) is 8.99. The summed E-state index contributed by atoms with van der Waals surface area (Å²) in [6, 6.07) is 11.2. The first-order valence-corrected chi connectivity index (χ1v) is 11.1. The molecule has 3 rings (SSSR count). The third-order valence-corrected chi connectivity index (χ3v) is 6.85. The Hall–Kier alpha value is -3.35. The van der Waals surface area contributed by atoms with Gasteiger partial charge in [-0.1, -0.05) is 6.07 Å². The molecule has 1 saturated heterocycles. The summed E-state index contributed by atoms with van der Waals surface area (Å²) >= 11 is 0. The molecule has 0 aliphatic carbocycles. The first kappa shape index (κ1) is 23.3. The monoisotopic (exact) mass is 462 g/mol. The number of nitrogens with zero attached hydrogens (tertiary/aromatic N) is 3. The average molecular weight is 462 g/mol. The van der Waals surface area contributed by atoms with Crippen molar-refractivity contribution >= 4 is 33.3 Å². The fraction of sp³-hybridized carbons (Fsp3) is 0.300. The molecule has 12 heteroatoms. The highest BCUT2D eigenvalue weighted by atomic mass is 32.2. The molecule has 2 aromatic carbocycles. The summed E-state index contributed by atoms with van der Waals surface area (Å²) in [5, 5.41) is 13.7.